The third-order valence-electron chi connectivity index (χ3n) is 4.71. The molecule has 2 unspecified atom stereocenters. The lowest BCUT2D eigenvalue weighted by molar-refractivity contribution is -0.124. The van der Waals surface area contributed by atoms with Crippen LogP contribution in [0.25, 0.3) is 0 Å². The standard InChI is InChI=1S/C18H29N3O.2ClH/c1-14-8-10-21(11-9-14)17(16-6-4-3-5-7-16)13-20-18(22)15(2)12-19;;/h3-7,14-15,17H,8-13,19H2,1-2H3,(H,20,22);2*1H. The van der Waals surface area contributed by atoms with Gasteiger partial charge < -0.3 is 11.1 Å². The van der Waals surface area contributed by atoms with E-state index >= 15 is 0 Å². The van der Waals surface area contributed by atoms with E-state index in [2.05, 4.69) is 41.4 Å². The van der Waals surface area contributed by atoms with Crippen LogP contribution in [-0.4, -0.2) is 37.0 Å². The zero-order valence-electron chi connectivity index (χ0n) is 14.6. The number of nitrogens with one attached hydrogen (secondary N) is 1. The molecule has 1 aromatic carbocycles. The van der Waals surface area contributed by atoms with E-state index < -0.39 is 0 Å². The van der Waals surface area contributed by atoms with Gasteiger partial charge in [0.1, 0.15) is 0 Å². The Morgan fingerprint density at radius 2 is 1.83 bits per heavy atom. The monoisotopic (exact) mass is 375 g/mol. The number of hydrogen-bond donors (Lipinski definition) is 2. The molecule has 1 aromatic rings. The molecule has 0 aromatic heterocycles. The van der Waals surface area contributed by atoms with Crippen molar-refractivity contribution in [2.75, 3.05) is 26.2 Å². The Labute approximate surface area is 158 Å². The lowest BCUT2D eigenvalue weighted by Gasteiger charge is -2.37. The SMILES string of the molecule is CC1CCN(C(CNC(=O)C(C)CN)c2ccccc2)CC1.Cl.Cl. The van der Waals surface area contributed by atoms with Crippen molar-refractivity contribution in [1.29, 1.82) is 0 Å². The van der Waals surface area contributed by atoms with E-state index in [0.29, 0.717) is 13.1 Å². The Morgan fingerprint density at radius 3 is 2.38 bits per heavy atom. The third-order valence-corrected chi connectivity index (χ3v) is 4.71. The van der Waals surface area contributed by atoms with Crippen LogP contribution in [0.3, 0.4) is 0 Å². The van der Waals surface area contributed by atoms with Gasteiger partial charge in [0.25, 0.3) is 0 Å². The zero-order chi connectivity index (χ0) is 15.9. The lowest BCUT2D eigenvalue weighted by Crippen LogP contribution is -2.43. The molecule has 1 aliphatic heterocycles. The van der Waals surface area contributed by atoms with Crippen molar-refractivity contribution in [3.05, 3.63) is 35.9 Å². The number of nitrogens with zero attached hydrogens (tertiary/aromatic N) is 1. The van der Waals surface area contributed by atoms with E-state index in [4.69, 9.17) is 5.73 Å². The summed E-state index contributed by atoms with van der Waals surface area (Å²) in [7, 11) is 0. The maximum Gasteiger partial charge on any atom is 0.224 e. The van der Waals surface area contributed by atoms with Crippen molar-refractivity contribution in [3.63, 3.8) is 0 Å². The maximum absolute atomic E-state index is 12.0. The van der Waals surface area contributed by atoms with Crippen LogP contribution in [0, 0.1) is 11.8 Å². The molecule has 2 atom stereocenters. The minimum Gasteiger partial charge on any atom is -0.354 e. The van der Waals surface area contributed by atoms with Crippen LogP contribution in [0.1, 0.15) is 38.3 Å². The number of carbonyl (C=O) groups is 1. The molecular formula is C18H31Cl2N3O. The van der Waals surface area contributed by atoms with Crippen molar-refractivity contribution < 1.29 is 4.79 Å². The molecule has 1 amide bonds. The largest absolute Gasteiger partial charge is 0.354 e. The predicted molar refractivity (Wildman–Crippen MR) is 105 cm³/mol. The van der Waals surface area contributed by atoms with Crippen molar-refractivity contribution in [2.45, 2.75) is 32.7 Å². The highest BCUT2D eigenvalue weighted by Gasteiger charge is 2.25. The highest BCUT2D eigenvalue weighted by Crippen LogP contribution is 2.26. The van der Waals surface area contributed by atoms with Gasteiger partial charge >= 0.3 is 0 Å². The van der Waals surface area contributed by atoms with E-state index in [0.717, 1.165) is 19.0 Å². The minimum atomic E-state index is -0.127. The van der Waals surface area contributed by atoms with Gasteiger partial charge in [-0.3, -0.25) is 9.69 Å². The number of piperidine rings is 1. The highest BCUT2D eigenvalue weighted by molar-refractivity contribution is 5.85. The first-order valence-electron chi connectivity index (χ1n) is 8.38. The Balaban J connectivity index is 0.00000264. The second kappa shape index (κ2) is 11.7. The summed E-state index contributed by atoms with van der Waals surface area (Å²) in [6.45, 7) is 7.44. The first-order valence-corrected chi connectivity index (χ1v) is 8.38. The fourth-order valence-electron chi connectivity index (χ4n) is 2.95. The number of carbonyl (C=O) groups excluding carboxylic acids is 1. The van der Waals surface area contributed by atoms with Gasteiger partial charge in [0.15, 0.2) is 0 Å². The molecular weight excluding hydrogens is 345 g/mol. The molecule has 1 fully saturated rings. The summed E-state index contributed by atoms with van der Waals surface area (Å²) >= 11 is 0. The molecule has 0 radical (unpaired) electrons. The van der Waals surface area contributed by atoms with Gasteiger partial charge in [-0.25, -0.2) is 0 Å². The summed E-state index contributed by atoms with van der Waals surface area (Å²) in [6.07, 6.45) is 2.47. The average Bonchev–Trinajstić information content (AvgIpc) is 2.56. The Morgan fingerprint density at radius 1 is 1.25 bits per heavy atom. The van der Waals surface area contributed by atoms with Crippen LogP contribution in [0.15, 0.2) is 30.3 Å². The fraction of sp³-hybridized carbons (Fsp3) is 0.611. The number of benzene rings is 1. The number of amides is 1. The molecule has 1 saturated heterocycles. The first kappa shape index (κ1) is 23.2. The van der Waals surface area contributed by atoms with Gasteiger partial charge in [0.2, 0.25) is 5.91 Å². The minimum absolute atomic E-state index is 0. The number of likely N-dealkylation sites (tertiary alicyclic amines) is 1. The van der Waals surface area contributed by atoms with Gasteiger partial charge in [-0.2, -0.15) is 0 Å². The van der Waals surface area contributed by atoms with Crippen molar-refractivity contribution >= 4 is 30.7 Å². The highest BCUT2D eigenvalue weighted by atomic mass is 35.5. The van der Waals surface area contributed by atoms with Gasteiger partial charge in [-0.15, -0.1) is 24.8 Å². The summed E-state index contributed by atoms with van der Waals surface area (Å²) in [4.78, 5) is 14.5. The quantitative estimate of drug-likeness (QED) is 0.803. The van der Waals surface area contributed by atoms with E-state index in [9.17, 15) is 4.79 Å². The van der Waals surface area contributed by atoms with E-state index in [-0.39, 0.29) is 42.7 Å². The Kier molecular flexibility index (Phi) is 11.3. The number of halogens is 2. The molecule has 0 saturated carbocycles. The molecule has 2 rings (SSSR count). The molecule has 4 nitrogen and oxygen atoms in total. The third kappa shape index (κ3) is 6.60. The van der Waals surface area contributed by atoms with Crippen LogP contribution in [-0.2, 0) is 4.79 Å². The van der Waals surface area contributed by atoms with E-state index in [1.165, 1.54) is 18.4 Å². The molecule has 1 heterocycles. The normalized spacial score (nSPS) is 18.0. The molecule has 0 spiro atoms. The molecule has 3 N–H and O–H groups in total. The summed E-state index contributed by atoms with van der Waals surface area (Å²) < 4.78 is 0. The lowest BCUT2D eigenvalue weighted by atomic mass is 9.95. The fourth-order valence-corrected chi connectivity index (χ4v) is 2.95. The Hall–Kier alpha value is -0.810. The second-order valence-electron chi connectivity index (χ2n) is 6.53. The average molecular weight is 376 g/mol. The van der Waals surface area contributed by atoms with E-state index in [1.807, 2.05) is 13.0 Å². The number of rotatable bonds is 6. The molecule has 138 valence electrons. The molecule has 0 bridgehead atoms. The van der Waals surface area contributed by atoms with Gasteiger partial charge in [-0.1, -0.05) is 44.2 Å². The summed E-state index contributed by atoms with van der Waals surface area (Å²) in [5, 5.41) is 3.08. The number of hydrogen-bond acceptors (Lipinski definition) is 3. The Bertz CT molecular complexity index is 465. The smallest absolute Gasteiger partial charge is 0.224 e. The van der Waals surface area contributed by atoms with E-state index in [1.54, 1.807) is 0 Å². The number of nitrogens with two attached hydrogens (primary N) is 1. The van der Waals surface area contributed by atoms with Crippen LogP contribution in [0.4, 0.5) is 0 Å². The van der Waals surface area contributed by atoms with Crippen molar-refractivity contribution in [3.8, 4) is 0 Å². The maximum atomic E-state index is 12.0. The van der Waals surface area contributed by atoms with Crippen LogP contribution in [0.2, 0.25) is 0 Å². The molecule has 24 heavy (non-hydrogen) atoms. The summed E-state index contributed by atoms with van der Waals surface area (Å²) in [6, 6.07) is 10.7. The first-order chi connectivity index (χ1) is 10.6. The zero-order valence-corrected chi connectivity index (χ0v) is 16.2. The molecule has 1 aliphatic rings. The van der Waals surface area contributed by atoms with Gasteiger partial charge in [0, 0.05) is 19.0 Å². The second-order valence-corrected chi connectivity index (χ2v) is 6.53. The van der Waals surface area contributed by atoms with Crippen molar-refractivity contribution in [2.24, 2.45) is 17.6 Å². The molecule has 6 heteroatoms. The van der Waals surface area contributed by atoms with Gasteiger partial charge in [0.05, 0.1) is 6.04 Å². The van der Waals surface area contributed by atoms with Crippen molar-refractivity contribution in [1.82, 2.24) is 10.2 Å². The molecule has 0 aliphatic carbocycles. The topological polar surface area (TPSA) is 58.4 Å². The van der Waals surface area contributed by atoms with Crippen LogP contribution >= 0.6 is 24.8 Å². The predicted octanol–water partition coefficient (Wildman–Crippen LogP) is 3.01. The van der Waals surface area contributed by atoms with Crippen LogP contribution in [0.5, 0.6) is 0 Å². The summed E-state index contributed by atoms with van der Waals surface area (Å²) in [5.74, 6) is 0.728. The van der Waals surface area contributed by atoms with Gasteiger partial charge in [-0.05, 0) is 37.4 Å². The van der Waals surface area contributed by atoms with Crippen LogP contribution < -0.4 is 11.1 Å². The summed E-state index contributed by atoms with van der Waals surface area (Å²) in [5.41, 5.74) is 6.85.